The molecule has 1 aromatic rings. The van der Waals surface area contributed by atoms with Gasteiger partial charge in [0.1, 0.15) is 0 Å². The highest BCUT2D eigenvalue weighted by Crippen LogP contribution is 2.19. The van der Waals surface area contributed by atoms with Crippen LogP contribution in [0.25, 0.3) is 0 Å². The van der Waals surface area contributed by atoms with Gasteiger partial charge in [0.25, 0.3) is 0 Å². The molecular formula is C12H16Br2N2O. The zero-order valence-corrected chi connectivity index (χ0v) is 12.8. The first-order chi connectivity index (χ1) is 8.25. The molecule has 1 aromatic heterocycles. The van der Waals surface area contributed by atoms with Crippen molar-refractivity contribution in [1.82, 2.24) is 10.3 Å². The van der Waals surface area contributed by atoms with Crippen LogP contribution in [0.4, 0.5) is 0 Å². The quantitative estimate of drug-likeness (QED) is 0.892. The Morgan fingerprint density at radius 2 is 2.35 bits per heavy atom. The number of halogens is 2. The molecule has 3 nitrogen and oxygen atoms in total. The molecule has 17 heavy (non-hydrogen) atoms. The fourth-order valence-electron chi connectivity index (χ4n) is 1.94. The maximum atomic E-state index is 5.45. The molecule has 1 saturated heterocycles. The molecule has 0 aromatic carbocycles. The number of nitrogens with zero attached hydrogens (tertiary/aromatic N) is 1. The molecule has 1 aliphatic rings. The summed E-state index contributed by atoms with van der Waals surface area (Å²) in [6.45, 7) is 3.62. The minimum absolute atomic E-state index is 0.651. The van der Waals surface area contributed by atoms with Gasteiger partial charge >= 0.3 is 0 Å². The third kappa shape index (κ3) is 4.32. The molecule has 1 fully saturated rings. The molecule has 0 amide bonds. The first-order valence-corrected chi connectivity index (χ1v) is 7.42. The summed E-state index contributed by atoms with van der Waals surface area (Å²) in [6.07, 6.45) is 4.28. The van der Waals surface area contributed by atoms with Gasteiger partial charge in [0.15, 0.2) is 0 Å². The average molecular weight is 364 g/mol. The SMILES string of the molecule is Brc1cnc(CNCC2CCCOC2)c(Br)c1. The second kappa shape index (κ2) is 6.83. The Morgan fingerprint density at radius 1 is 1.47 bits per heavy atom. The van der Waals surface area contributed by atoms with Crippen molar-refractivity contribution in [1.29, 1.82) is 0 Å². The largest absolute Gasteiger partial charge is 0.381 e. The Labute approximate surface area is 119 Å². The smallest absolute Gasteiger partial charge is 0.0684 e. The molecule has 5 heteroatoms. The van der Waals surface area contributed by atoms with Gasteiger partial charge in [0.2, 0.25) is 0 Å². The van der Waals surface area contributed by atoms with Crippen molar-refractivity contribution in [2.24, 2.45) is 5.92 Å². The van der Waals surface area contributed by atoms with Crippen LogP contribution < -0.4 is 5.32 Å². The standard InChI is InChI=1S/C12H16Br2N2O/c13-10-4-11(14)12(16-6-10)7-15-5-9-2-1-3-17-8-9/h4,6,9,15H,1-3,5,7-8H2. The number of hydrogen-bond donors (Lipinski definition) is 1. The predicted octanol–water partition coefficient (Wildman–Crippen LogP) is 3.12. The minimum atomic E-state index is 0.651. The lowest BCUT2D eigenvalue weighted by Crippen LogP contribution is -2.29. The van der Waals surface area contributed by atoms with E-state index in [2.05, 4.69) is 42.2 Å². The van der Waals surface area contributed by atoms with Gasteiger partial charge in [-0.1, -0.05) is 0 Å². The number of nitrogens with one attached hydrogen (secondary N) is 1. The summed E-state index contributed by atoms with van der Waals surface area (Å²) in [5.41, 5.74) is 1.05. The third-order valence-electron chi connectivity index (χ3n) is 2.86. The summed E-state index contributed by atoms with van der Waals surface area (Å²) >= 11 is 6.91. The van der Waals surface area contributed by atoms with E-state index >= 15 is 0 Å². The highest BCUT2D eigenvalue weighted by Gasteiger charge is 2.13. The maximum Gasteiger partial charge on any atom is 0.0684 e. The van der Waals surface area contributed by atoms with E-state index in [1.54, 1.807) is 0 Å². The van der Waals surface area contributed by atoms with Crippen LogP contribution in [0, 0.1) is 5.92 Å². The van der Waals surface area contributed by atoms with Crippen LogP contribution in [-0.2, 0) is 11.3 Å². The van der Waals surface area contributed by atoms with Crippen LogP contribution in [0.1, 0.15) is 18.5 Å². The third-order valence-corrected chi connectivity index (χ3v) is 3.98. The molecule has 1 atom stereocenters. The van der Waals surface area contributed by atoms with Gasteiger partial charge in [0, 0.05) is 34.8 Å². The van der Waals surface area contributed by atoms with Crippen molar-refractivity contribution >= 4 is 31.9 Å². The number of rotatable bonds is 4. The van der Waals surface area contributed by atoms with Crippen LogP contribution in [0.5, 0.6) is 0 Å². The zero-order chi connectivity index (χ0) is 12.1. The monoisotopic (exact) mass is 362 g/mol. The molecule has 2 heterocycles. The summed E-state index contributed by atoms with van der Waals surface area (Å²) in [5.74, 6) is 0.651. The van der Waals surface area contributed by atoms with E-state index in [9.17, 15) is 0 Å². The van der Waals surface area contributed by atoms with Gasteiger partial charge in [-0.25, -0.2) is 0 Å². The Kier molecular flexibility index (Phi) is 5.41. The van der Waals surface area contributed by atoms with Crippen LogP contribution in [-0.4, -0.2) is 24.7 Å². The molecule has 2 rings (SSSR count). The van der Waals surface area contributed by atoms with E-state index in [0.717, 1.165) is 40.9 Å². The van der Waals surface area contributed by atoms with E-state index in [0.29, 0.717) is 5.92 Å². The van der Waals surface area contributed by atoms with Crippen molar-refractivity contribution in [3.63, 3.8) is 0 Å². The highest BCUT2D eigenvalue weighted by molar-refractivity contribution is 9.11. The number of hydrogen-bond acceptors (Lipinski definition) is 3. The van der Waals surface area contributed by atoms with Crippen molar-refractivity contribution in [3.05, 3.63) is 26.9 Å². The Hall–Kier alpha value is 0.0300. The van der Waals surface area contributed by atoms with Crippen LogP contribution >= 0.6 is 31.9 Å². The van der Waals surface area contributed by atoms with E-state index in [4.69, 9.17) is 4.74 Å². The molecule has 1 unspecified atom stereocenters. The Bertz CT molecular complexity index is 368. The number of aromatic nitrogens is 1. The minimum Gasteiger partial charge on any atom is -0.381 e. The zero-order valence-electron chi connectivity index (χ0n) is 9.59. The fourth-order valence-corrected chi connectivity index (χ4v) is 3.06. The molecule has 0 aliphatic carbocycles. The summed E-state index contributed by atoms with van der Waals surface area (Å²) in [7, 11) is 0. The first kappa shape index (κ1) is 13.5. The van der Waals surface area contributed by atoms with E-state index < -0.39 is 0 Å². The molecular weight excluding hydrogens is 348 g/mol. The van der Waals surface area contributed by atoms with Gasteiger partial charge in [0.05, 0.1) is 12.3 Å². The van der Waals surface area contributed by atoms with Gasteiger partial charge < -0.3 is 10.1 Å². The van der Waals surface area contributed by atoms with Crippen molar-refractivity contribution < 1.29 is 4.74 Å². The van der Waals surface area contributed by atoms with Crippen molar-refractivity contribution in [2.45, 2.75) is 19.4 Å². The number of ether oxygens (including phenoxy) is 1. The van der Waals surface area contributed by atoms with Gasteiger partial charge in [-0.3, -0.25) is 4.98 Å². The second-order valence-electron chi connectivity index (χ2n) is 4.30. The Morgan fingerprint density at radius 3 is 3.06 bits per heavy atom. The molecule has 1 N–H and O–H groups in total. The van der Waals surface area contributed by atoms with Crippen LogP contribution in [0.3, 0.4) is 0 Å². The summed E-state index contributed by atoms with van der Waals surface area (Å²) < 4.78 is 7.49. The maximum absolute atomic E-state index is 5.45. The molecule has 0 spiro atoms. The van der Waals surface area contributed by atoms with Gasteiger partial charge in [-0.15, -0.1) is 0 Å². The van der Waals surface area contributed by atoms with Crippen molar-refractivity contribution in [2.75, 3.05) is 19.8 Å². The molecule has 94 valence electrons. The van der Waals surface area contributed by atoms with Crippen LogP contribution in [0.2, 0.25) is 0 Å². The van der Waals surface area contributed by atoms with Crippen LogP contribution in [0.15, 0.2) is 21.2 Å². The lowest BCUT2D eigenvalue weighted by Gasteiger charge is -2.22. The predicted molar refractivity (Wildman–Crippen MR) is 74.9 cm³/mol. The molecule has 0 radical (unpaired) electrons. The van der Waals surface area contributed by atoms with E-state index in [1.165, 1.54) is 12.8 Å². The fraction of sp³-hybridized carbons (Fsp3) is 0.583. The normalized spacial score (nSPS) is 20.5. The summed E-state index contributed by atoms with van der Waals surface area (Å²) in [6, 6.07) is 2.02. The lowest BCUT2D eigenvalue weighted by molar-refractivity contribution is 0.0547. The van der Waals surface area contributed by atoms with Gasteiger partial charge in [-0.05, 0) is 56.7 Å². The van der Waals surface area contributed by atoms with E-state index in [1.807, 2.05) is 12.3 Å². The molecule has 0 bridgehead atoms. The highest BCUT2D eigenvalue weighted by atomic mass is 79.9. The summed E-state index contributed by atoms with van der Waals surface area (Å²) in [4.78, 5) is 4.37. The second-order valence-corrected chi connectivity index (χ2v) is 6.07. The van der Waals surface area contributed by atoms with Crippen molar-refractivity contribution in [3.8, 4) is 0 Å². The summed E-state index contributed by atoms with van der Waals surface area (Å²) in [5, 5.41) is 3.44. The van der Waals surface area contributed by atoms with Gasteiger partial charge in [-0.2, -0.15) is 0 Å². The first-order valence-electron chi connectivity index (χ1n) is 5.84. The lowest BCUT2D eigenvalue weighted by atomic mass is 10.0. The van der Waals surface area contributed by atoms with E-state index in [-0.39, 0.29) is 0 Å². The Balaban J connectivity index is 1.77. The number of pyridine rings is 1. The topological polar surface area (TPSA) is 34.2 Å². The average Bonchev–Trinajstić information content (AvgIpc) is 2.33. The molecule has 1 aliphatic heterocycles. The molecule has 0 saturated carbocycles.